The Bertz CT molecular complexity index is 222. The van der Waals surface area contributed by atoms with E-state index < -0.39 is 0 Å². The van der Waals surface area contributed by atoms with Gasteiger partial charge in [-0.3, -0.25) is 0 Å². The fraction of sp³-hybridized carbons (Fsp3) is 1.00. The van der Waals surface area contributed by atoms with Gasteiger partial charge in [-0.2, -0.15) is 0 Å². The van der Waals surface area contributed by atoms with Crippen LogP contribution in [0.1, 0.15) is 110 Å². The van der Waals surface area contributed by atoms with Crippen molar-refractivity contribution in [1.82, 2.24) is 0 Å². The Hall–Kier alpha value is -0.0800. The van der Waals surface area contributed by atoms with Crippen molar-refractivity contribution in [2.45, 2.75) is 116 Å². The van der Waals surface area contributed by atoms with E-state index in [0.717, 1.165) is 6.42 Å². The SMILES string of the molecule is CCCCCCCCCCCCCCCC[C@@H](C)[N+](C)(C)[O-]. The third-order valence-electron chi connectivity index (χ3n) is 5.04. The summed E-state index contributed by atoms with van der Waals surface area (Å²) >= 11 is 0. The highest BCUT2D eigenvalue weighted by atomic mass is 16.5. The van der Waals surface area contributed by atoms with Crippen LogP contribution in [-0.2, 0) is 0 Å². The van der Waals surface area contributed by atoms with Crippen molar-refractivity contribution in [2.75, 3.05) is 14.1 Å². The number of hydrogen-bond acceptors (Lipinski definition) is 1. The van der Waals surface area contributed by atoms with Gasteiger partial charge in [0.1, 0.15) is 0 Å². The van der Waals surface area contributed by atoms with E-state index in [-0.39, 0.29) is 10.7 Å². The quantitative estimate of drug-likeness (QED) is 0.174. The molecule has 0 rings (SSSR count). The zero-order valence-electron chi connectivity index (χ0n) is 16.0. The van der Waals surface area contributed by atoms with Crippen LogP contribution in [0.5, 0.6) is 0 Å². The van der Waals surface area contributed by atoms with Gasteiger partial charge in [-0.15, -0.1) is 0 Å². The van der Waals surface area contributed by atoms with Crippen LogP contribution in [0.15, 0.2) is 0 Å². The first-order chi connectivity index (χ1) is 10.5. The topological polar surface area (TPSA) is 23.1 Å². The molecule has 0 bridgehead atoms. The lowest BCUT2D eigenvalue weighted by Gasteiger charge is -2.40. The zero-order valence-corrected chi connectivity index (χ0v) is 16.0. The lowest BCUT2D eigenvalue weighted by molar-refractivity contribution is -0.864. The van der Waals surface area contributed by atoms with Crippen LogP contribution in [-0.4, -0.2) is 24.8 Å². The van der Waals surface area contributed by atoms with Crippen LogP contribution in [0.4, 0.5) is 0 Å². The molecular weight excluding hydrogens is 270 g/mol. The highest BCUT2D eigenvalue weighted by Gasteiger charge is 2.12. The van der Waals surface area contributed by atoms with Gasteiger partial charge in [0.25, 0.3) is 0 Å². The first-order valence-electron chi connectivity index (χ1n) is 10.0. The summed E-state index contributed by atoms with van der Waals surface area (Å²) in [6.45, 7) is 4.36. The van der Waals surface area contributed by atoms with Gasteiger partial charge < -0.3 is 9.85 Å². The van der Waals surface area contributed by atoms with Crippen LogP contribution in [0.3, 0.4) is 0 Å². The van der Waals surface area contributed by atoms with Crippen molar-refractivity contribution in [2.24, 2.45) is 0 Å². The molecule has 0 aromatic heterocycles. The first-order valence-corrected chi connectivity index (χ1v) is 10.0. The van der Waals surface area contributed by atoms with Crippen molar-refractivity contribution in [3.8, 4) is 0 Å². The summed E-state index contributed by atoms with van der Waals surface area (Å²) in [4.78, 5) is 0. The van der Waals surface area contributed by atoms with Crippen molar-refractivity contribution in [3.63, 3.8) is 0 Å². The number of quaternary nitrogens is 1. The fourth-order valence-electron chi connectivity index (χ4n) is 2.95. The molecule has 1 atom stereocenters. The van der Waals surface area contributed by atoms with Crippen molar-refractivity contribution < 1.29 is 4.65 Å². The Balaban J connectivity index is 3.12. The average molecular weight is 314 g/mol. The molecule has 0 aliphatic carbocycles. The second-order valence-electron chi connectivity index (χ2n) is 7.67. The molecule has 0 fully saturated rings. The minimum absolute atomic E-state index is 0.140. The molecule has 0 saturated carbocycles. The maximum atomic E-state index is 11.7. The molecule has 0 heterocycles. The fourth-order valence-corrected chi connectivity index (χ4v) is 2.95. The van der Waals surface area contributed by atoms with Crippen molar-refractivity contribution in [3.05, 3.63) is 5.21 Å². The summed E-state index contributed by atoms with van der Waals surface area (Å²) in [6, 6.07) is 0.248. The Morgan fingerprint density at radius 2 is 0.955 bits per heavy atom. The Labute approximate surface area is 140 Å². The van der Waals surface area contributed by atoms with E-state index in [1.54, 1.807) is 14.1 Å². The molecule has 0 aromatic rings. The normalized spacial score (nSPS) is 13.5. The lowest BCUT2D eigenvalue weighted by atomic mass is 10.0. The van der Waals surface area contributed by atoms with E-state index in [4.69, 9.17) is 0 Å². The van der Waals surface area contributed by atoms with Crippen LogP contribution < -0.4 is 0 Å². The van der Waals surface area contributed by atoms with Gasteiger partial charge in [-0.05, 0) is 19.8 Å². The number of nitrogens with zero attached hydrogens (tertiary/aromatic N) is 1. The molecule has 0 N–H and O–H groups in total. The van der Waals surface area contributed by atoms with Crippen LogP contribution in [0, 0.1) is 5.21 Å². The Morgan fingerprint density at radius 1 is 0.636 bits per heavy atom. The number of hydrogen-bond donors (Lipinski definition) is 0. The molecule has 0 aliphatic rings. The average Bonchev–Trinajstić information content (AvgIpc) is 2.46. The number of hydroxylamine groups is 3. The molecule has 0 amide bonds. The monoisotopic (exact) mass is 313 g/mol. The van der Waals surface area contributed by atoms with E-state index in [2.05, 4.69) is 13.8 Å². The first kappa shape index (κ1) is 21.9. The van der Waals surface area contributed by atoms with Gasteiger partial charge in [0, 0.05) is 0 Å². The summed E-state index contributed by atoms with van der Waals surface area (Å²) in [5, 5.41) is 11.7. The van der Waals surface area contributed by atoms with E-state index in [1.807, 2.05) is 0 Å². The molecule has 0 saturated heterocycles. The molecule has 0 unspecified atom stereocenters. The van der Waals surface area contributed by atoms with E-state index >= 15 is 0 Å². The lowest BCUT2D eigenvalue weighted by Crippen LogP contribution is -2.41. The molecule has 0 radical (unpaired) electrons. The minimum atomic E-state index is -0.140. The van der Waals surface area contributed by atoms with Gasteiger partial charge in [-0.1, -0.05) is 90.4 Å². The van der Waals surface area contributed by atoms with Gasteiger partial charge in [0.2, 0.25) is 0 Å². The van der Waals surface area contributed by atoms with E-state index in [1.165, 1.54) is 89.9 Å². The number of unbranched alkanes of at least 4 members (excludes halogenated alkanes) is 13. The highest BCUT2D eigenvalue weighted by Crippen LogP contribution is 2.15. The summed E-state index contributed by atoms with van der Waals surface area (Å²) in [5.41, 5.74) is 0. The summed E-state index contributed by atoms with van der Waals surface area (Å²) in [7, 11) is 3.52. The molecule has 0 spiro atoms. The molecule has 22 heavy (non-hydrogen) atoms. The summed E-state index contributed by atoms with van der Waals surface area (Å²) in [6.07, 6.45) is 20.6. The van der Waals surface area contributed by atoms with Crippen molar-refractivity contribution >= 4 is 0 Å². The molecule has 0 aromatic carbocycles. The predicted octanol–water partition coefficient (Wildman–Crippen LogP) is 6.82. The minimum Gasteiger partial charge on any atom is -0.633 e. The molecule has 2 heteroatoms. The predicted molar refractivity (Wildman–Crippen MR) is 99.9 cm³/mol. The van der Waals surface area contributed by atoms with Gasteiger partial charge in [0.15, 0.2) is 0 Å². The molecule has 134 valence electrons. The van der Waals surface area contributed by atoms with E-state index in [0.29, 0.717) is 0 Å². The second-order valence-corrected chi connectivity index (χ2v) is 7.67. The van der Waals surface area contributed by atoms with Crippen molar-refractivity contribution in [1.29, 1.82) is 0 Å². The summed E-state index contributed by atoms with van der Waals surface area (Å²) < 4.78 is -0.140. The zero-order chi connectivity index (χ0) is 16.7. The van der Waals surface area contributed by atoms with Crippen LogP contribution >= 0.6 is 0 Å². The molecular formula is C20H43NO. The largest absolute Gasteiger partial charge is 0.633 e. The van der Waals surface area contributed by atoms with Crippen LogP contribution in [0.25, 0.3) is 0 Å². The molecule has 0 aliphatic heterocycles. The van der Waals surface area contributed by atoms with E-state index in [9.17, 15) is 5.21 Å². The van der Waals surface area contributed by atoms with Gasteiger partial charge in [-0.25, -0.2) is 0 Å². The third-order valence-corrected chi connectivity index (χ3v) is 5.04. The summed E-state index contributed by atoms with van der Waals surface area (Å²) in [5.74, 6) is 0. The Morgan fingerprint density at radius 3 is 1.27 bits per heavy atom. The van der Waals surface area contributed by atoms with Gasteiger partial charge in [0.05, 0.1) is 20.1 Å². The smallest absolute Gasteiger partial charge is 0.0854 e. The maximum Gasteiger partial charge on any atom is 0.0854 e. The highest BCUT2D eigenvalue weighted by molar-refractivity contribution is 4.54. The number of rotatable bonds is 16. The molecule has 2 nitrogen and oxygen atoms in total. The standard InChI is InChI=1S/C20H43NO/c1-5-6-7-8-9-10-11-12-13-14-15-16-17-18-19-20(2)21(3,4)22/h20H,5-19H2,1-4H3/t20-/m1/s1. The maximum absolute atomic E-state index is 11.7. The van der Waals surface area contributed by atoms with Gasteiger partial charge >= 0.3 is 0 Å². The second kappa shape index (κ2) is 14.5. The van der Waals surface area contributed by atoms with Crippen LogP contribution in [0.2, 0.25) is 0 Å². The Kier molecular flexibility index (Phi) is 14.5. The third kappa shape index (κ3) is 14.8.